The van der Waals surface area contributed by atoms with E-state index in [2.05, 4.69) is 64.8 Å². The Balaban J connectivity index is 1.50. The maximum Gasteiger partial charge on any atom is 0.307 e. The number of benzene rings is 4. The van der Waals surface area contributed by atoms with Crippen LogP contribution in [-0.4, -0.2) is 9.38 Å². The molecule has 0 N–H and O–H groups in total. The number of aryl methyl sites for hydroxylation is 1. The molecule has 0 radical (unpaired) electrons. The summed E-state index contributed by atoms with van der Waals surface area (Å²) >= 11 is 0. The van der Waals surface area contributed by atoms with Gasteiger partial charge in [0.15, 0.2) is 5.58 Å². The van der Waals surface area contributed by atoms with Crippen LogP contribution in [0.1, 0.15) is 5.56 Å². The lowest BCUT2D eigenvalue weighted by molar-refractivity contribution is 0.643. The third-order valence-electron chi connectivity index (χ3n) is 5.89. The van der Waals surface area contributed by atoms with Crippen LogP contribution in [0.25, 0.3) is 61.0 Å². The van der Waals surface area contributed by atoms with Gasteiger partial charge in [-0.25, -0.2) is 0 Å². The quantitative estimate of drug-likeness (QED) is 0.301. The summed E-state index contributed by atoms with van der Waals surface area (Å²) in [5.41, 5.74) is 9.17. The first kappa shape index (κ1) is 15.8. The zero-order valence-corrected chi connectivity index (χ0v) is 16.2. The van der Waals surface area contributed by atoms with Crippen molar-refractivity contribution in [3.63, 3.8) is 0 Å². The molecular weight excluding hydrogens is 372 g/mol. The maximum absolute atomic E-state index is 6.02. The first-order chi connectivity index (χ1) is 14.7. The van der Waals surface area contributed by atoms with E-state index in [9.17, 15) is 0 Å². The summed E-state index contributed by atoms with van der Waals surface area (Å²) in [6.45, 7) is 2.11. The Morgan fingerprint density at radius 3 is 2.30 bits per heavy atom. The van der Waals surface area contributed by atoms with Crippen LogP contribution in [0.3, 0.4) is 0 Å². The minimum atomic E-state index is 0.620. The largest absolute Gasteiger partial charge is 0.456 e. The molecule has 0 saturated carbocycles. The third kappa shape index (κ3) is 2.08. The van der Waals surface area contributed by atoms with E-state index in [4.69, 9.17) is 8.83 Å². The number of aromatic nitrogens is 2. The molecule has 0 atom stereocenters. The van der Waals surface area contributed by atoms with Crippen molar-refractivity contribution >= 4 is 49.9 Å². The number of furan rings is 1. The normalized spacial score (nSPS) is 12.2. The molecule has 4 nitrogen and oxygen atoms in total. The van der Waals surface area contributed by atoms with Crippen LogP contribution in [0.2, 0.25) is 0 Å². The molecule has 3 aromatic heterocycles. The van der Waals surface area contributed by atoms with Crippen LogP contribution in [0.4, 0.5) is 0 Å². The predicted molar refractivity (Wildman–Crippen MR) is 120 cm³/mol. The molecule has 3 heterocycles. The number of hydrogen-bond donors (Lipinski definition) is 0. The fourth-order valence-corrected chi connectivity index (χ4v) is 4.43. The van der Waals surface area contributed by atoms with Crippen molar-refractivity contribution in [3.8, 4) is 11.1 Å². The van der Waals surface area contributed by atoms with Crippen LogP contribution in [0, 0.1) is 6.92 Å². The molecule has 0 aliphatic rings. The van der Waals surface area contributed by atoms with Crippen LogP contribution in [0.15, 0.2) is 87.7 Å². The fourth-order valence-electron chi connectivity index (χ4n) is 4.43. The van der Waals surface area contributed by atoms with Gasteiger partial charge in [-0.2, -0.15) is 4.98 Å². The number of rotatable bonds is 1. The highest BCUT2D eigenvalue weighted by molar-refractivity contribution is 6.06. The van der Waals surface area contributed by atoms with E-state index in [1.165, 1.54) is 5.56 Å². The van der Waals surface area contributed by atoms with E-state index in [0.29, 0.717) is 5.84 Å². The second kappa shape index (κ2) is 5.51. The van der Waals surface area contributed by atoms with E-state index in [0.717, 1.165) is 55.2 Å². The minimum absolute atomic E-state index is 0.620. The minimum Gasteiger partial charge on any atom is -0.456 e. The van der Waals surface area contributed by atoms with Gasteiger partial charge < -0.3 is 8.83 Å². The van der Waals surface area contributed by atoms with Gasteiger partial charge in [0, 0.05) is 10.8 Å². The highest BCUT2D eigenvalue weighted by Crippen LogP contribution is 2.34. The van der Waals surface area contributed by atoms with E-state index in [1.54, 1.807) is 0 Å². The van der Waals surface area contributed by atoms with E-state index in [1.807, 2.05) is 30.3 Å². The Morgan fingerprint density at radius 2 is 1.40 bits per heavy atom. The lowest BCUT2D eigenvalue weighted by Crippen LogP contribution is -1.83. The molecule has 4 heteroatoms. The van der Waals surface area contributed by atoms with Crippen LogP contribution < -0.4 is 0 Å². The zero-order chi connectivity index (χ0) is 19.8. The van der Waals surface area contributed by atoms with Gasteiger partial charge in [-0.1, -0.05) is 35.9 Å². The standard InChI is InChI=1S/C26H16N2O2/c1-15-6-9-23-18(12-15)19-13-16(7-10-24(19)29-23)17-8-11-25-22(14-17)28-21-5-3-2-4-20(21)27-26(28)30-25/h2-14H,1H3. The monoisotopic (exact) mass is 388 g/mol. The average molecular weight is 388 g/mol. The fraction of sp³-hybridized carbons (Fsp3) is 0.0385. The Kier molecular flexibility index (Phi) is 2.91. The molecule has 0 amide bonds. The van der Waals surface area contributed by atoms with Crippen molar-refractivity contribution in [2.75, 3.05) is 0 Å². The molecule has 0 spiro atoms. The summed E-state index contributed by atoms with van der Waals surface area (Å²) < 4.78 is 14.1. The van der Waals surface area contributed by atoms with Gasteiger partial charge in [0.1, 0.15) is 11.2 Å². The molecule has 0 saturated heterocycles. The van der Waals surface area contributed by atoms with Gasteiger partial charge in [0.2, 0.25) is 0 Å². The van der Waals surface area contributed by atoms with E-state index >= 15 is 0 Å². The molecule has 0 aliphatic heterocycles. The first-order valence-corrected chi connectivity index (χ1v) is 9.98. The summed E-state index contributed by atoms with van der Waals surface area (Å²) in [5.74, 6) is 0.620. The van der Waals surface area contributed by atoms with Crippen molar-refractivity contribution in [2.24, 2.45) is 0 Å². The zero-order valence-electron chi connectivity index (χ0n) is 16.2. The lowest BCUT2D eigenvalue weighted by atomic mass is 10.0. The number of nitrogens with zero attached hydrogens (tertiary/aromatic N) is 2. The van der Waals surface area contributed by atoms with Crippen molar-refractivity contribution in [2.45, 2.75) is 6.92 Å². The van der Waals surface area contributed by atoms with Gasteiger partial charge in [-0.3, -0.25) is 4.40 Å². The predicted octanol–water partition coefficient (Wildman–Crippen LogP) is 7.11. The summed E-state index contributed by atoms with van der Waals surface area (Å²) in [4.78, 5) is 4.62. The number of imidazole rings is 1. The van der Waals surface area contributed by atoms with Gasteiger partial charge in [0.05, 0.1) is 16.6 Å². The number of hydrogen-bond acceptors (Lipinski definition) is 3. The third-order valence-corrected chi connectivity index (χ3v) is 5.89. The molecule has 7 aromatic rings. The first-order valence-electron chi connectivity index (χ1n) is 9.98. The Hall–Kier alpha value is -4.05. The molecule has 0 fully saturated rings. The van der Waals surface area contributed by atoms with Crippen LogP contribution in [-0.2, 0) is 0 Å². The molecule has 30 heavy (non-hydrogen) atoms. The summed E-state index contributed by atoms with van der Waals surface area (Å²) in [7, 11) is 0. The summed E-state index contributed by atoms with van der Waals surface area (Å²) in [6, 6.07) is 27.1. The molecular formula is C26H16N2O2. The lowest BCUT2D eigenvalue weighted by Gasteiger charge is -2.03. The van der Waals surface area contributed by atoms with Crippen molar-refractivity contribution in [1.29, 1.82) is 0 Å². The van der Waals surface area contributed by atoms with Gasteiger partial charge in [-0.05, 0) is 66.6 Å². The maximum atomic E-state index is 6.02. The molecule has 142 valence electrons. The Morgan fingerprint density at radius 1 is 0.667 bits per heavy atom. The van der Waals surface area contributed by atoms with Crippen molar-refractivity contribution < 1.29 is 8.83 Å². The second-order valence-corrected chi connectivity index (χ2v) is 7.82. The number of oxazole rings is 1. The molecule has 0 bridgehead atoms. The Bertz CT molecular complexity index is 1760. The Labute approximate surface area is 171 Å². The SMILES string of the molecule is Cc1ccc2oc3ccc(-c4ccc5oc6nc7ccccc7n6c5c4)cc3c2c1. The second-order valence-electron chi connectivity index (χ2n) is 7.82. The summed E-state index contributed by atoms with van der Waals surface area (Å²) in [6.07, 6.45) is 0. The van der Waals surface area contributed by atoms with Gasteiger partial charge in [-0.15, -0.1) is 0 Å². The summed E-state index contributed by atoms with van der Waals surface area (Å²) in [5, 5.41) is 2.29. The number of para-hydroxylation sites is 2. The van der Waals surface area contributed by atoms with Crippen LogP contribution >= 0.6 is 0 Å². The van der Waals surface area contributed by atoms with Crippen molar-refractivity contribution in [1.82, 2.24) is 9.38 Å². The molecule has 0 aliphatic carbocycles. The number of fused-ring (bicyclic) bond motifs is 8. The van der Waals surface area contributed by atoms with E-state index < -0.39 is 0 Å². The van der Waals surface area contributed by atoms with E-state index in [-0.39, 0.29) is 0 Å². The van der Waals surface area contributed by atoms with Gasteiger partial charge >= 0.3 is 5.84 Å². The van der Waals surface area contributed by atoms with Crippen molar-refractivity contribution in [3.05, 3.63) is 84.4 Å². The van der Waals surface area contributed by atoms with Crippen LogP contribution in [0.5, 0.6) is 0 Å². The highest BCUT2D eigenvalue weighted by Gasteiger charge is 2.14. The molecule has 4 aromatic carbocycles. The topological polar surface area (TPSA) is 43.6 Å². The molecule has 0 unspecified atom stereocenters. The molecule has 7 rings (SSSR count). The van der Waals surface area contributed by atoms with Gasteiger partial charge in [0.25, 0.3) is 0 Å². The smallest absolute Gasteiger partial charge is 0.307 e. The highest BCUT2D eigenvalue weighted by atomic mass is 16.4. The average Bonchev–Trinajstić information content (AvgIpc) is 3.42.